The predicted octanol–water partition coefficient (Wildman–Crippen LogP) is 1.66. The average molecular weight is 146 g/mol. The van der Waals surface area contributed by atoms with Gasteiger partial charge in [-0.25, -0.2) is 0 Å². The van der Waals surface area contributed by atoms with Gasteiger partial charge in [0.2, 0.25) is 0 Å². The summed E-state index contributed by atoms with van der Waals surface area (Å²) < 4.78 is 0. The molecule has 1 aromatic carbocycles. The number of benzene rings is 1. The molecular formula is C10H10O. The van der Waals surface area contributed by atoms with E-state index in [-0.39, 0.29) is 0 Å². The maximum Gasteiger partial charge on any atom is 0.141 e. The minimum absolute atomic E-state index is 0.356. The van der Waals surface area contributed by atoms with Gasteiger partial charge in [-0.1, -0.05) is 18.2 Å². The molecule has 0 radical (unpaired) electrons. The smallest absolute Gasteiger partial charge is 0.141 e. The first-order valence-electron chi connectivity index (χ1n) is 3.86. The van der Waals surface area contributed by atoms with E-state index in [9.17, 15) is 4.79 Å². The first-order chi connectivity index (χ1) is 5.27. The van der Waals surface area contributed by atoms with Crippen LogP contribution in [0.3, 0.4) is 0 Å². The first-order valence-corrected chi connectivity index (χ1v) is 3.86. The SMILES string of the molecule is Cc1cccc2c1CC(=O)C2. The molecule has 1 nitrogen and oxygen atoms in total. The van der Waals surface area contributed by atoms with Gasteiger partial charge in [0, 0.05) is 12.8 Å². The zero-order valence-corrected chi connectivity index (χ0v) is 6.55. The fourth-order valence-electron chi connectivity index (χ4n) is 1.65. The van der Waals surface area contributed by atoms with Crippen LogP contribution in [-0.2, 0) is 17.6 Å². The molecule has 1 aromatic rings. The van der Waals surface area contributed by atoms with Crippen molar-refractivity contribution in [2.45, 2.75) is 19.8 Å². The summed E-state index contributed by atoms with van der Waals surface area (Å²) in [5.74, 6) is 0.356. The highest BCUT2D eigenvalue weighted by molar-refractivity contribution is 5.88. The van der Waals surface area contributed by atoms with E-state index in [2.05, 4.69) is 13.0 Å². The molecule has 0 amide bonds. The molecule has 0 fully saturated rings. The van der Waals surface area contributed by atoms with Crippen LogP contribution in [0.25, 0.3) is 0 Å². The molecule has 11 heavy (non-hydrogen) atoms. The molecule has 0 heterocycles. The third-order valence-electron chi connectivity index (χ3n) is 2.27. The molecule has 0 atom stereocenters. The van der Waals surface area contributed by atoms with E-state index in [1.54, 1.807) is 0 Å². The predicted molar refractivity (Wildman–Crippen MR) is 43.6 cm³/mol. The van der Waals surface area contributed by atoms with Crippen LogP contribution in [0.2, 0.25) is 0 Å². The zero-order valence-electron chi connectivity index (χ0n) is 6.55. The minimum Gasteiger partial charge on any atom is -0.299 e. The maximum atomic E-state index is 11.1. The van der Waals surface area contributed by atoms with Crippen molar-refractivity contribution in [2.75, 3.05) is 0 Å². The van der Waals surface area contributed by atoms with E-state index >= 15 is 0 Å². The van der Waals surface area contributed by atoms with Crippen molar-refractivity contribution in [3.05, 3.63) is 34.9 Å². The van der Waals surface area contributed by atoms with E-state index in [1.165, 1.54) is 16.7 Å². The highest BCUT2D eigenvalue weighted by Crippen LogP contribution is 2.22. The van der Waals surface area contributed by atoms with Gasteiger partial charge in [0.05, 0.1) is 0 Å². The Morgan fingerprint density at radius 2 is 2.09 bits per heavy atom. The Balaban J connectivity index is 2.57. The third kappa shape index (κ3) is 0.967. The van der Waals surface area contributed by atoms with Crippen LogP contribution >= 0.6 is 0 Å². The van der Waals surface area contributed by atoms with Crippen LogP contribution in [0.15, 0.2) is 18.2 Å². The van der Waals surface area contributed by atoms with Crippen LogP contribution in [0.1, 0.15) is 16.7 Å². The summed E-state index contributed by atoms with van der Waals surface area (Å²) in [6.07, 6.45) is 1.30. The number of Topliss-reactive ketones (excluding diaryl/α,β-unsaturated/α-hetero) is 1. The van der Waals surface area contributed by atoms with Crippen molar-refractivity contribution in [3.8, 4) is 0 Å². The van der Waals surface area contributed by atoms with Crippen molar-refractivity contribution in [2.24, 2.45) is 0 Å². The van der Waals surface area contributed by atoms with Gasteiger partial charge in [-0.3, -0.25) is 4.79 Å². The van der Waals surface area contributed by atoms with Gasteiger partial charge in [-0.15, -0.1) is 0 Å². The number of carbonyl (C=O) groups excluding carboxylic acids is 1. The first kappa shape index (κ1) is 6.59. The summed E-state index contributed by atoms with van der Waals surface area (Å²) in [5.41, 5.74) is 3.75. The van der Waals surface area contributed by atoms with E-state index < -0.39 is 0 Å². The second-order valence-electron chi connectivity index (χ2n) is 3.10. The average Bonchev–Trinajstić information content (AvgIpc) is 2.31. The standard InChI is InChI=1S/C10H10O/c1-7-3-2-4-8-5-9(11)6-10(7)8/h2-4H,5-6H2,1H3. The van der Waals surface area contributed by atoms with Crippen LogP contribution < -0.4 is 0 Å². The van der Waals surface area contributed by atoms with Gasteiger partial charge in [0.25, 0.3) is 0 Å². The summed E-state index contributed by atoms with van der Waals surface area (Å²) in [5, 5.41) is 0. The Hall–Kier alpha value is -1.11. The Bertz CT molecular complexity index is 313. The number of ketones is 1. The van der Waals surface area contributed by atoms with E-state index in [0.29, 0.717) is 18.6 Å². The van der Waals surface area contributed by atoms with Crippen molar-refractivity contribution in [3.63, 3.8) is 0 Å². The number of aryl methyl sites for hydroxylation is 1. The Kier molecular flexibility index (Phi) is 1.31. The van der Waals surface area contributed by atoms with Crippen LogP contribution in [0.5, 0.6) is 0 Å². The number of hydrogen-bond donors (Lipinski definition) is 0. The lowest BCUT2D eigenvalue weighted by Gasteiger charge is -1.99. The molecule has 0 N–H and O–H groups in total. The van der Waals surface area contributed by atoms with E-state index in [0.717, 1.165) is 0 Å². The Labute approximate surface area is 66.0 Å². The minimum atomic E-state index is 0.356. The van der Waals surface area contributed by atoms with Gasteiger partial charge >= 0.3 is 0 Å². The monoisotopic (exact) mass is 146 g/mol. The maximum absolute atomic E-state index is 11.1. The van der Waals surface area contributed by atoms with Gasteiger partial charge in [0.15, 0.2) is 0 Å². The van der Waals surface area contributed by atoms with Gasteiger partial charge in [-0.2, -0.15) is 0 Å². The van der Waals surface area contributed by atoms with Crippen molar-refractivity contribution in [1.29, 1.82) is 0 Å². The largest absolute Gasteiger partial charge is 0.299 e. The molecule has 0 aromatic heterocycles. The van der Waals surface area contributed by atoms with Crippen LogP contribution in [0, 0.1) is 6.92 Å². The van der Waals surface area contributed by atoms with Gasteiger partial charge in [0.1, 0.15) is 5.78 Å². The third-order valence-corrected chi connectivity index (χ3v) is 2.27. The number of rotatable bonds is 0. The van der Waals surface area contributed by atoms with Gasteiger partial charge < -0.3 is 0 Å². The quantitative estimate of drug-likeness (QED) is 0.544. The normalized spacial score (nSPS) is 15.2. The molecule has 1 aliphatic carbocycles. The lowest BCUT2D eigenvalue weighted by molar-refractivity contribution is -0.117. The van der Waals surface area contributed by atoms with Crippen molar-refractivity contribution >= 4 is 5.78 Å². The highest BCUT2D eigenvalue weighted by atomic mass is 16.1. The van der Waals surface area contributed by atoms with Crippen LogP contribution in [-0.4, -0.2) is 5.78 Å². The second-order valence-corrected chi connectivity index (χ2v) is 3.10. The highest BCUT2D eigenvalue weighted by Gasteiger charge is 2.18. The number of fused-ring (bicyclic) bond motifs is 1. The summed E-state index contributed by atoms with van der Waals surface area (Å²) in [4.78, 5) is 11.1. The van der Waals surface area contributed by atoms with Crippen LogP contribution in [0.4, 0.5) is 0 Å². The number of carbonyl (C=O) groups is 1. The molecule has 0 spiro atoms. The summed E-state index contributed by atoms with van der Waals surface area (Å²) in [6.45, 7) is 2.07. The second kappa shape index (κ2) is 2.19. The lowest BCUT2D eigenvalue weighted by atomic mass is 10.1. The fourth-order valence-corrected chi connectivity index (χ4v) is 1.65. The molecule has 1 heteroatoms. The molecule has 0 bridgehead atoms. The van der Waals surface area contributed by atoms with E-state index in [1.807, 2.05) is 12.1 Å². The molecule has 2 rings (SSSR count). The zero-order chi connectivity index (χ0) is 7.84. The lowest BCUT2D eigenvalue weighted by Crippen LogP contribution is -1.93. The van der Waals surface area contributed by atoms with Crippen molar-refractivity contribution < 1.29 is 4.79 Å². The summed E-state index contributed by atoms with van der Waals surface area (Å²) >= 11 is 0. The molecular weight excluding hydrogens is 136 g/mol. The molecule has 0 saturated carbocycles. The van der Waals surface area contributed by atoms with E-state index in [4.69, 9.17) is 0 Å². The fraction of sp³-hybridized carbons (Fsp3) is 0.300. The summed E-state index contributed by atoms with van der Waals surface area (Å²) in [7, 11) is 0. The summed E-state index contributed by atoms with van der Waals surface area (Å²) in [6, 6.07) is 6.14. The molecule has 0 unspecified atom stereocenters. The topological polar surface area (TPSA) is 17.1 Å². The van der Waals surface area contributed by atoms with Crippen molar-refractivity contribution in [1.82, 2.24) is 0 Å². The number of hydrogen-bond acceptors (Lipinski definition) is 1. The van der Waals surface area contributed by atoms with Gasteiger partial charge in [-0.05, 0) is 23.6 Å². The molecule has 56 valence electrons. The Morgan fingerprint density at radius 3 is 2.82 bits per heavy atom. The molecule has 1 aliphatic rings. The Morgan fingerprint density at radius 1 is 1.27 bits per heavy atom. The molecule has 0 saturated heterocycles. The molecule has 0 aliphatic heterocycles.